The molecule has 2 rings (SSSR count). The van der Waals surface area contributed by atoms with Gasteiger partial charge >= 0.3 is 0 Å². The summed E-state index contributed by atoms with van der Waals surface area (Å²) in [6.07, 6.45) is 2.52. The van der Waals surface area contributed by atoms with Crippen molar-refractivity contribution in [3.05, 3.63) is 22.6 Å². The normalized spacial score (nSPS) is 26.3. The summed E-state index contributed by atoms with van der Waals surface area (Å²) in [7, 11) is 0. The summed E-state index contributed by atoms with van der Waals surface area (Å²) >= 11 is 3.37. The molecule has 0 bridgehead atoms. The molecule has 0 spiro atoms. The highest BCUT2D eigenvalue weighted by molar-refractivity contribution is 9.10. The predicted molar refractivity (Wildman–Crippen MR) is 71.0 cm³/mol. The van der Waals surface area contributed by atoms with Gasteiger partial charge in [0.15, 0.2) is 4.67 Å². The van der Waals surface area contributed by atoms with E-state index >= 15 is 0 Å². The van der Waals surface area contributed by atoms with Crippen LogP contribution in [0.3, 0.4) is 0 Å². The van der Waals surface area contributed by atoms with E-state index in [0.29, 0.717) is 12.0 Å². The van der Waals surface area contributed by atoms with E-state index < -0.39 is 0 Å². The van der Waals surface area contributed by atoms with Crippen LogP contribution in [0.15, 0.2) is 21.2 Å². The van der Waals surface area contributed by atoms with Gasteiger partial charge in [0.2, 0.25) is 0 Å². The van der Waals surface area contributed by atoms with E-state index in [4.69, 9.17) is 9.15 Å². The summed E-state index contributed by atoms with van der Waals surface area (Å²) in [5.41, 5.74) is 0. The molecule has 1 aliphatic rings. The van der Waals surface area contributed by atoms with E-state index in [-0.39, 0.29) is 6.04 Å². The molecule has 1 fully saturated rings. The van der Waals surface area contributed by atoms with Crippen molar-refractivity contribution in [1.29, 1.82) is 0 Å². The molecule has 1 aliphatic heterocycles. The number of rotatable bonds is 5. The Morgan fingerprint density at radius 3 is 2.88 bits per heavy atom. The number of nitrogens with one attached hydrogen (secondary N) is 1. The SMILES string of the molecule is CCCNC(c1ccc(Br)o1)C1CCOC1C. The van der Waals surface area contributed by atoms with E-state index in [1.165, 1.54) is 0 Å². The van der Waals surface area contributed by atoms with Crippen LogP contribution in [0.2, 0.25) is 0 Å². The van der Waals surface area contributed by atoms with Crippen LogP contribution in [0.5, 0.6) is 0 Å². The average molecular weight is 302 g/mol. The second-order valence-corrected chi connectivity index (χ2v) is 5.38. The summed E-state index contributed by atoms with van der Waals surface area (Å²) in [5, 5.41) is 3.58. The molecular formula is C13H20BrNO2. The van der Waals surface area contributed by atoms with E-state index in [0.717, 1.165) is 36.4 Å². The Balaban J connectivity index is 2.12. The van der Waals surface area contributed by atoms with Gasteiger partial charge in [0.25, 0.3) is 0 Å². The van der Waals surface area contributed by atoms with Crippen molar-refractivity contribution in [3.8, 4) is 0 Å². The van der Waals surface area contributed by atoms with Crippen LogP contribution in [-0.2, 0) is 4.74 Å². The zero-order chi connectivity index (χ0) is 12.3. The Hall–Kier alpha value is -0.320. The quantitative estimate of drug-likeness (QED) is 0.904. The maximum atomic E-state index is 5.70. The fourth-order valence-corrected chi connectivity index (χ4v) is 2.76. The molecule has 3 atom stereocenters. The average Bonchev–Trinajstić information content (AvgIpc) is 2.90. The molecule has 0 saturated carbocycles. The van der Waals surface area contributed by atoms with Gasteiger partial charge in [-0.3, -0.25) is 0 Å². The smallest absolute Gasteiger partial charge is 0.169 e. The number of furan rings is 1. The Kier molecular flexibility index (Phi) is 4.65. The van der Waals surface area contributed by atoms with Gasteiger partial charge in [-0.05, 0) is 54.4 Å². The van der Waals surface area contributed by atoms with Crippen molar-refractivity contribution in [1.82, 2.24) is 5.32 Å². The van der Waals surface area contributed by atoms with Crippen LogP contribution in [-0.4, -0.2) is 19.3 Å². The van der Waals surface area contributed by atoms with Crippen molar-refractivity contribution in [2.24, 2.45) is 5.92 Å². The standard InChI is InChI=1S/C13H20BrNO2/c1-3-7-15-13(10-6-8-16-9(10)2)11-4-5-12(14)17-11/h4-5,9-10,13,15H,3,6-8H2,1-2H3. The van der Waals surface area contributed by atoms with Crippen LogP contribution in [0.25, 0.3) is 0 Å². The highest BCUT2D eigenvalue weighted by Gasteiger charge is 2.34. The fraction of sp³-hybridized carbons (Fsp3) is 0.692. The minimum atomic E-state index is 0.263. The lowest BCUT2D eigenvalue weighted by atomic mass is 9.91. The largest absolute Gasteiger partial charge is 0.453 e. The van der Waals surface area contributed by atoms with Gasteiger partial charge in [0.05, 0.1) is 12.1 Å². The Morgan fingerprint density at radius 2 is 2.35 bits per heavy atom. The lowest BCUT2D eigenvalue weighted by molar-refractivity contribution is 0.0923. The van der Waals surface area contributed by atoms with Crippen LogP contribution in [0.1, 0.15) is 38.5 Å². The Bertz CT molecular complexity index is 353. The van der Waals surface area contributed by atoms with Gasteiger partial charge in [-0.1, -0.05) is 6.92 Å². The molecule has 17 heavy (non-hydrogen) atoms. The fourth-order valence-electron chi connectivity index (χ4n) is 2.44. The molecule has 0 amide bonds. The third kappa shape index (κ3) is 3.12. The molecule has 0 aliphatic carbocycles. The Morgan fingerprint density at radius 1 is 1.53 bits per heavy atom. The summed E-state index contributed by atoms with van der Waals surface area (Å²) in [6.45, 7) is 6.19. The first-order valence-corrected chi connectivity index (χ1v) is 7.12. The number of halogens is 1. The first-order chi connectivity index (χ1) is 8.22. The van der Waals surface area contributed by atoms with E-state index in [2.05, 4.69) is 35.1 Å². The van der Waals surface area contributed by atoms with Crippen molar-refractivity contribution in [2.45, 2.75) is 38.8 Å². The van der Waals surface area contributed by atoms with Crippen molar-refractivity contribution >= 4 is 15.9 Å². The molecule has 96 valence electrons. The van der Waals surface area contributed by atoms with Gasteiger partial charge in [0.1, 0.15) is 5.76 Å². The van der Waals surface area contributed by atoms with E-state index in [1.54, 1.807) is 0 Å². The van der Waals surface area contributed by atoms with Crippen molar-refractivity contribution in [2.75, 3.05) is 13.2 Å². The summed E-state index contributed by atoms with van der Waals surface area (Å²) < 4.78 is 12.2. The van der Waals surface area contributed by atoms with Gasteiger partial charge in [-0.2, -0.15) is 0 Å². The molecule has 3 nitrogen and oxygen atoms in total. The molecule has 0 aromatic carbocycles. The van der Waals surface area contributed by atoms with Crippen LogP contribution in [0, 0.1) is 5.92 Å². The van der Waals surface area contributed by atoms with Crippen LogP contribution in [0.4, 0.5) is 0 Å². The van der Waals surface area contributed by atoms with E-state index in [1.807, 2.05) is 12.1 Å². The van der Waals surface area contributed by atoms with Gasteiger partial charge < -0.3 is 14.5 Å². The topological polar surface area (TPSA) is 34.4 Å². The molecule has 1 aromatic rings. The highest BCUT2D eigenvalue weighted by atomic mass is 79.9. The molecule has 4 heteroatoms. The second-order valence-electron chi connectivity index (χ2n) is 4.60. The number of hydrogen-bond acceptors (Lipinski definition) is 3. The van der Waals surface area contributed by atoms with Crippen LogP contribution >= 0.6 is 15.9 Å². The lowest BCUT2D eigenvalue weighted by Gasteiger charge is -2.25. The summed E-state index contributed by atoms with van der Waals surface area (Å²) in [5.74, 6) is 1.51. The van der Waals surface area contributed by atoms with E-state index in [9.17, 15) is 0 Å². The number of hydrogen-bond donors (Lipinski definition) is 1. The third-order valence-electron chi connectivity index (χ3n) is 3.38. The van der Waals surface area contributed by atoms with Crippen molar-refractivity contribution in [3.63, 3.8) is 0 Å². The zero-order valence-corrected chi connectivity index (χ0v) is 12.0. The minimum absolute atomic E-state index is 0.263. The molecule has 1 saturated heterocycles. The van der Waals surface area contributed by atoms with Gasteiger partial charge in [-0.15, -0.1) is 0 Å². The summed E-state index contributed by atoms with van der Waals surface area (Å²) in [4.78, 5) is 0. The van der Waals surface area contributed by atoms with Gasteiger partial charge in [-0.25, -0.2) is 0 Å². The molecule has 1 N–H and O–H groups in total. The molecule has 2 heterocycles. The molecule has 1 aromatic heterocycles. The van der Waals surface area contributed by atoms with Crippen molar-refractivity contribution < 1.29 is 9.15 Å². The first kappa shape index (κ1) is 13.1. The Labute approximate surface area is 111 Å². The highest BCUT2D eigenvalue weighted by Crippen LogP contribution is 2.34. The second kappa shape index (κ2) is 6.03. The monoisotopic (exact) mass is 301 g/mol. The zero-order valence-electron chi connectivity index (χ0n) is 10.4. The number of ether oxygens (including phenoxy) is 1. The molecule has 0 radical (unpaired) electrons. The minimum Gasteiger partial charge on any atom is -0.453 e. The molecular weight excluding hydrogens is 282 g/mol. The predicted octanol–water partition coefficient (Wildman–Crippen LogP) is 3.51. The van der Waals surface area contributed by atoms with Crippen LogP contribution < -0.4 is 5.32 Å². The lowest BCUT2D eigenvalue weighted by Crippen LogP contribution is -2.32. The first-order valence-electron chi connectivity index (χ1n) is 6.32. The van der Waals surface area contributed by atoms with Gasteiger partial charge in [0, 0.05) is 12.5 Å². The third-order valence-corrected chi connectivity index (χ3v) is 3.80. The maximum absolute atomic E-state index is 5.70. The summed E-state index contributed by atoms with van der Waals surface area (Å²) in [6, 6.07) is 4.26. The maximum Gasteiger partial charge on any atom is 0.169 e. The molecule has 3 unspecified atom stereocenters.